The lowest BCUT2D eigenvalue weighted by Crippen LogP contribution is -2.17. The largest absolute Gasteiger partial charge is 0.367 e. The highest BCUT2D eigenvalue weighted by molar-refractivity contribution is 5.20. The van der Waals surface area contributed by atoms with Crippen LogP contribution in [0.25, 0.3) is 0 Å². The predicted molar refractivity (Wildman–Crippen MR) is 69.4 cm³/mol. The van der Waals surface area contributed by atoms with Crippen LogP contribution < -0.4 is 5.73 Å². The molecule has 0 saturated heterocycles. The maximum absolute atomic E-state index is 13.6. The first-order valence-corrected chi connectivity index (χ1v) is 5.91. The zero-order valence-electron chi connectivity index (χ0n) is 10.1. The standard InChI is InChI=1S/C15H16FNO/c16-14-9-5-4-8-13(14)15(10-17)18-11-12-6-2-1-3-7-12/h1-9,15H,10-11,17H2. The summed E-state index contributed by atoms with van der Waals surface area (Å²) in [5, 5.41) is 0. The van der Waals surface area contributed by atoms with Gasteiger partial charge >= 0.3 is 0 Å². The van der Waals surface area contributed by atoms with Crippen molar-refractivity contribution in [3.63, 3.8) is 0 Å². The fraction of sp³-hybridized carbons (Fsp3) is 0.200. The van der Waals surface area contributed by atoms with Gasteiger partial charge in [-0.1, -0.05) is 48.5 Å². The minimum Gasteiger partial charge on any atom is -0.367 e. The summed E-state index contributed by atoms with van der Waals surface area (Å²) in [6.45, 7) is 0.685. The molecule has 0 aliphatic rings. The third-order valence-electron chi connectivity index (χ3n) is 2.76. The van der Waals surface area contributed by atoms with Gasteiger partial charge in [-0.15, -0.1) is 0 Å². The van der Waals surface area contributed by atoms with E-state index in [1.54, 1.807) is 18.2 Å². The third kappa shape index (κ3) is 3.15. The molecule has 0 bridgehead atoms. The fourth-order valence-electron chi connectivity index (χ4n) is 1.79. The first kappa shape index (κ1) is 12.7. The summed E-state index contributed by atoms with van der Waals surface area (Å²) in [7, 11) is 0. The van der Waals surface area contributed by atoms with E-state index < -0.39 is 6.10 Å². The zero-order chi connectivity index (χ0) is 12.8. The Morgan fingerprint density at radius 3 is 2.33 bits per heavy atom. The normalized spacial score (nSPS) is 12.3. The molecule has 3 heteroatoms. The Kier molecular flexibility index (Phi) is 4.45. The molecule has 0 fully saturated rings. The van der Waals surface area contributed by atoms with Crippen molar-refractivity contribution in [3.05, 3.63) is 71.5 Å². The van der Waals surface area contributed by atoms with Gasteiger partial charge in [0.2, 0.25) is 0 Å². The van der Waals surface area contributed by atoms with Crippen LogP contribution in [0.2, 0.25) is 0 Å². The van der Waals surface area contributed by atoms with Gasteiger partial charge in [0, 0.05) is 12.1 Å². The molecule has 0 aliphatic carbocycles. The molecule has 0 aliphatic heterocycles. The van der Waals surface area contributed by atoms with Crippen molar-refractivity contribution in [1.29, 1.82) is 0 Å². The summed E-state index contributed by atoms with van der Waals surface area (Å²) >= 11 is 0. The number of nitrogens with two attached hydrogens (primary N) is 1. The van der Waals surface area contributed by atoms with Gasteiger partial charge in [-0.2, -0.15) is 0 Å². The summed E-state index contributed by atoms with van der Waals surface area (Å²) in [4.78, 5) is 0. The molecule has 1 atom stereocenters. The van der Waals surface area contributed by atoms with Crippen molar-refractivity contribution < 1.29 is 9.13 Å². The predicted octanol–water partition coefficient (Wildman–Crippen LogP) is 3.04. The van der Waals surface area contributed by atoms with Gasteiger partial charge in [0.25, 0.3) is 0 Å². The molecule has 0 heterocycles. The van der Waals surface area contributed by atoms with Crippen molar-refractivity contribution in [2.45, 2.75) is 12.7 Å². The quantitative estimate of drug-likeness (QED) is 0.878. The molecule has 0 aromatic heterocycles. The van der Waals surface area contributed by atoms with Gasteiger partial charge in [-0.3, -0.25) is 0 Å². The van der Waals surface area contributed by atoms with Crippen LogP contribution in [0.4, 0.5) is 4.39 Å². The maximum atomic E-state index is 13.6. The summed E-state index contributed by atoms with van der Waals surface area (Å²) in [6.07, 6.45) is -0.411. The Labute approximate surface area is 106 Å². The first-order valence-electron chi connectivity index (χ1n) is 5.91. The monoisotopic (exact) mass is 245 g/mol. The topological polar surface area (TPSA) is 35.2 Å². The van der Waals surface area contributed by atoms with Crippen LogP contribution in [0.5, 0.6) is 0 Å². The van der Waals surface area contributed by atoms with Crippen LogP contribution in [-0.4, -0.2) is 6.54 Å². The van der Waals surface area contributed by atoms with Crippen molar-refractivity contribution in [2.75, 3.05) is 6.54 Å². The zero-order valence-corrected chi connectivity index (χ0v) is 10.1. The van der Waals surface area contributed by atoms with Crippen LogP contribution in [0.15, 0.2) is 54.6 Å². The van der Waals surface area contributed by atoms with Crippen LogP contribution in [-0.2, 0) is 11.3 Å². The average molecular weight is 245 g/mol. The molecule has 2 aromatic rings. The van der Waals surface area contributed by atoms with Crippen molar-refractivity contribution >= 4 is 0 Å². The van der Waals surface area contributed by atoms with E-state index in [9.17, 15) is 4.39 Å². The highest BCUT2D eigenvalue weighted by Gasteiger charge is 2.14. The van der Waals surface area contributed by atoms with Crippen LogP contribution in [0, 0.1) is 5.82 Å². The van der Waals surface area contributed by atoms with E-state index in [1.807, 2.05) is 30.3 Å². The maximum Gasteiger partial charge on any atom is 0.129 e. The highest BCUT2D eigenvalue weighted by Crippen LogP contribution is 2.20. The van der Waals surface area contributed by atoms with Crippen LogP contribution in [0.1, 0.15) is 17.2 Å². The average Bonchev–Trinajstić information content (AvgIpc) is 2.42. The van der Waals surface area contributed by atoms with Gasteiger partial charge in [0.15, 0.2) is 0 Å². The van der Waals surface area contributed by atoms with E-state index in [2.05, 4.69) is 0 Å². The molecular weight excluding hydrogens is 229 g/mol. The van der Waals surface area contributed by atoms with Gasteiger partial charge in [-0.05, 0) is 11.6 Å². The third-order valence-corrected chi connectivity index (χ3v) is 2.76. The lowest BCUT2D eigenvalue weighted by Gasteiger charge is -2.17. The first-order chi connectivity index (χ1) is 8.81. The van der Waals surface area contributed by atoms with Gasteiger partial charge in [0.05, 0.1) is 12.7 Å². The number of benzene rings is 2. The molecule has 0 radical (unpaired) electrons. The molecule has 1 unspecified atom stereocenters. The van der Waals surface area contributed by atoms with E-state index in [0.717, 1.165) is 5.56 Å². The molecule has 2 rings (SSSR count). The lowest BCUT2D eigenvalue weighted by atomic mass is 10.1. The van der Waals surface area contributed by atoms with Gasteiger partial charge in [0.1, 0.15) is 5.82 Å². The highest BCUT2D eigenvalue weighted by atomic mass is 19.1. The SMILES string of the molecule is NCC(OCc1ccccc1)c1ccccc1F. The molecule has 94 valence electrons. The summed E-state index contributed by atoms with van der Waals surface area (Å²) in [6, 6.07) is 16.3. The van der Waals surface area contributed by atoms with Gasteiger partial charge < -0.3 is 10.5 Å². The number of halogens is 1. The second-order valence-electron chi connectivity index (χ2n) is 4.04. The van der Waals surface area contributed by atoms with Gasteiger partial charge in [-0.25, -0.2) is 4.39 Å². The molecular formula is C15H16FNO. The van der Waals surface area contributed by atoms with E-state index in [0.29, 0.717) is 12.2 Å². The van der Waals surface area contributed by atoms with E-state index in [4.69, 9.17) is 10.5 Å². The van der Waals surface area contributed by atoms with E-state index >= 15 is 0 Å². The molecule has 0 saturated carbocycles. The number of rotatable bonds is 5. The van der Waals surface area contributed by atoms with E-state index in [1.165, 1.54) is 6.07 Å². The van der Waals surface area contributed by atoms with Crippen LogP contribution in [0.3, 0.4) is 0 Å². The van der Waals surface area contributed by atoms with Crippen molar-refractivity contribution in [1.82, 2.24) is 0 Å². The Bertz CT molecular complexity index is 487. The molecule has 18 heavy (non-hydrogen) atoms. The fourth-order valence-corrected chi connectivity index (χ4v) is 1.79. The number of hydrogen-bond acceptors (Lipinski definition) is 2. The second kappa shape index (κ2) is 6.28. The Balaban J connectivity index is 2.04. The molecule has 2 N–H and O–H groups in total. The minimum atomic E-state index is -0.411. The number of ether oxygens (including phenoxy) is 1. The molecule has 2 nitrogen and oxygen atoms in total. The Morgan fingerprint density at radius 1 is 1.00 bits per heavy atom. The van der Waals surface area contributed by atoms with Crippen molar-refractivity contribution in [2.24, 2.45) is 5.73 Å². The van der Waals surface area contributed by atoms with E-state index in [-0.39, 0.29) is 12.4 Å². The Hall–Kier alpha value is -1.71. The summed E-state index contributed by atoms with van der Waals surface area (Å²) in [5.74, 6) is -0.277. The van der Waals surface area contributed by atoms with Crippen LogP contribution >= 0.6 is 0 Å². The second-order valence-corrected chi connectivity index (χ2v) is 4.04. The van der Waals surface area contributed by atoms with Crippen molar-refractivity contribution in [3.8, 4) is 0 Å². The molecule has 2 aromatic carbocycles. The minimum absolute atomic E-state index is 0.258. The molecule has 0 amide bonds. The molecule has 0 spiro atoms. The smallest absolute Gasteiger partial charge is 0.129 e. The number of hydrogen-bond donors (Lipinski definition) is 1. The summed E-state index contributed by atoms with van der Waals surface area (Å²) in [5.41, 5.74) is 7.20. The Morgan fingerprint density at radius 2 is 1.67 bits per heavy atom. The summed E-state index contributed by atoms with van der Waals surface area (Å²) < 4.78 is 19.3. The lowest BCUT2D eigenvalue weighted by molar-refractivity contribution is 0.0433.